The van der Waals surface area contributed by atoms with Crippen LogP contribution in [-0.2, 0) is 11.3 Å². The van der Waals surface area contributed by atoms with Crippen molar-refractivity contribution in [1.82, 2.24) is 10.6 Å². The minimum absolute atomic E-state index is 0.0860. The van der Waals surface area contributed by atoms with Crippen molar-refractivity contribution < 1.29 is 14.3 Å². The molecule has 1 saturated heterocycles. The monoisotopic (exact) mass is 284 g/mol. The van der Waals surface area contributed by atoms with Crippen LogP contribution in [0.3, 0.4) is 0 Å². The van der Waals surface area contributed by atoms with Gasteiger partial charge in [0.1, 0.15) is 0 Å². The van der Waals surface area contributed by atoms with E-state index < -0.39 is 0 Å². The lowest BCUT2D eigenvalue weighted by atomic mass is 10.1. The van der Waals surface area contributed by atoms with Crippen molar-refractivity contribution in [3.8, 4) is 11.5 Å². The fourth-order valence-corrected chi connectivity index (χ4v) is 2.40. The van der Waals surface area contributed by atoms with Crippen LogP contribution in [0.2, 0.25) is 5.02 Å². The number of carbonyl (C=O) groups is 1. The molecular weight excluding hydrogens is 268 g/mol. The number of benzene rings is 1. The van der Waals surface area contributed by atoms with Crippen LogP contribution in [0.5, 0.6) is 11.5 Å². The molecule has 0 saturated carbocycles. The van der Waals surface area contributed by atoms with E-state index in [0.717, 1.165) is 5.56 Å². The molecule has 1 fully saturated rings. The van der Waals surface area contributed by atoms with Gasteiger partial charge in [0.05, 0.1) is 19.2 Å². The van der Waals surface area contributed by atoms with Crippen molar-refractivity contribution in [1.29, 1.82) is 0 Å². The number of methoxy groups -OCH3 is 2. The summed E-state index contributed by atoms with van der Waals surface area (Å²) in [5.74, 6) is 1.22. The van der Waals surface area contributed by atoms with Crippen LogP contribution in [-0.4, -0.2) is 32.7 Å². The maximum Gasteiger partial charge on any atom is 0.221 e. The molecule has 0 bridgehead atoms. The first-order chi connectivity index (χ1) is 9.13. The Morgan fingerprint density at radius 3 is 2.79 bits per heavy atom. The first-order valence-electron chi connectivity index (χ1n) is 6.04. The van der Waals surface area contributed by atoms with Crippen molar-refractivity contribution in [2.45, 2.75) is 19.0 Å². The maximum absolute atomic E-state index is 11.1. The first kappa shape index (κ1) is 14.0. The minimum Gasteiger partial charge on any atom is -0.493 e. The highest BCUT2D eigenvalue weighted by Gasteiger charge is 2.20. The quantitative estimate of drug-likeness (QED) is 0.857. The number of carbonyl (C=O) groups excluding carboxylic acids is 1. The van der Waals surface area contributed by atoms with Gasteiger partial charge >= 0.3 is 0 Å². The number of hydrogen-bond donors (Lipinski definition) is 2. The van der Waals surface area contributed by atoms with Gasteiger partial charge in [0, 0.05) is 25.6 Å². The van der Waals surface area contributed by atoms with Crippen molar-refractivity contribution in [2.24, 2.45) is 0 Å². The van der Waals surface area contributed by atoms with Crippen LogP contribution in [0.4, 0.5) is 0 Å². The zero-order valence-electron chi connectivity index (χ0n) is 11.0. The number of halogens is 1. The summed E-state index contributed by atoms with van der Waals surface area (Å²) in [7, 11) is 3.13. The van der Waals surface area contributed by atoms with Crippen LogP contribution in [0, 0.1) is 0 Å². The Labute approximate surface area is 117 Å². The van der Waals surface area contributed by atoms with Gasteiger partial charge in [-0.15, -0.1) is 0 Å². The summed E-state index contributed by atoms with van der Waals surface area (Å²) in [6, 6.07) is 3.88. The number of nitrogens with one attached hydrogen (secondary N) is 2. The van der Waals surface area contributed by atoms with Gasteiger partial charge in [0.25, 0.3) is 0 Å². The average Bonchev–Trinajstić information content (AvgIpc) is 2.81. The van der Waals surface area contributed by atoms with E-state index in [1.54, 1.807) is 14.2 Å². The second-order valence-electron chi connectivity index (χ2n) is 4.40. The molecular formula is C13H17ClN2O3. The second-order valence-corrected chi connectivity index (χ2v) is 4.81. The molecule has 0 radical (unpaired) electrons. The predicted octanol–water partition coefficient (Wildman–Crippen LogP) is 1.34. The summed E-state index contributed by atoms with van der Waals surface area (Å²) < 4.78 is 10.4. The van der Waals surface area contributed by atoms with Gasteiger partial charge in [0.2, 0.25) is 5.91 Å². The van der Waals surface area contributed by atoms with Gasteiger partial charge in [0.15, 0.2) is 11.5 Å². The van der Waals surface area contributed by atoms with Crippen molar-refractivity contribution in [3.63, 3.8) is 0 Å². The summed E-state index contributed by atoms with van der Waals surface area (Å²) in [6.45, 7) is 1.29. The Hall–Kier alpha value is -1.46. The van der Waals surface area contributed by atoms with Crippen LogP contribution in [0.15, 0.2) is 12.1 Å². The van der Waals surface area contributed by atoms with E-state index in [0.29, 0.717) is 36.0 Å². The lowest BCUT2D eigenvalue weighted by Crippen LogP contribution is -2.30. The van der Waals surface area contributed by atoms with E-state index >= 15 is 0 Å². The Kier molecular flexibility index (Phi) is 4.50. The molecule has 1 aliphatic rings. The van der Waals surface area contributed by atoms with Crippen molar-refractivity contribution in [2.75, 3.05) is 20.8 Å². The van der Waals surface area contributed by atoms with E-state index in [2.05, 4.69) is 10.6 Å². The molecule has 1 aromatic rings. The molecule has 0 aromatic heterocycles. The second kappa shape index (κ2) is 6.12. The molecule has 0 aliphatic carbocycles. The highest BCUT2D eigenvalue weighted by Crippen LogP contribution is 2.35. The van der Waals surface area contributed by atoms with E-state index in [1.165, 1.54) is 0 Å². The maximum atomic E-state index is 11.1. The van der Waals surface area contributed by atoms with Crippen LogP contribution < -0.4 is 20.1 Å². The SMILES string of the molecule is COc1cc(CNC2CNC(=O)C2)cc(Cl)c1OC. The number of amides is 1. The van der Waals surface area contributed by atoms with Crippen LogP contribution in [0.1, 0.15) is 12.0 Å². The molecule has 2 rings (SSSR count). The van der Waals surface area contributed by atoms with Crippen molar-refractivity contribution in [3.05, 3.63) is 22.7 Å². The number of ether oxygens (including phenoxy) is 2. The Bertz CT molecular complexity index is 479. The van der Waals surface area contributed by atoms with E-state index in [1.807, 2.05) is 12.1 Å². The molecule has 1 unspecified atom stereocenters. The first-order valence-corrected chi connectivity index (χ1v) is 6.42. The third-order valence-corrected chi connectivity index (χ3v) is 3.35. The minimum atomic E-state index is 0.0860. The van der Waals surface area contributed by atoms with Crippen LogP contribution >= 0.6 is 11.6 Å². The van der Waals surface area contributed by atoms with Gasteiger partial charge in [-0.2, -0.15) is 0 Å². The van der Waals surface area contributed by atoms with Gasteiger partial charge in [-0.25, -0.2) is 0 Å². The molecule has 6 heteroatoms. The average molecular weight is 285 g/mol. The standard InChI is InChI=1S/C13H17ClN2O3/c1-18-11-4-8(3-10(14)13(11)19-2)6-15-9-5-12(17)16-7-9/h3-4,9,15H,5-7H2,1-2H3,(H,16,17). The lowest BCUT2D eigenvalue weighted by Gasteiger charge is -2.14. The smallest absolute Gasteiger partial charge is 0.221 e. The Morgan fingerprint density at radius 2 is 2.21 bits per heavy atom. The summed E-state index contributed by atoms with van der Waals surface area (Å²) in [6.07, 6.45) is 0.515. The van der Waals surface area contributed by atoms with Crippen LogP contribution in [0.25, 0.3) is 0 Å². The molecule has 1 atom stereocenters. The third kappa shape index (κ3) is 3.30. The third-order valence-electron chi connectivity index (χ3n) is 3.07. The van der Waals surface area contributed by atoms with Crippen molar-refractivity contribution >= 4 is 17.5 Å². The Morgan fingerprint density at radius 1 is 1.42 bits per heavy atom. The van der Waals surface area contributed by atoms with Gasteiger partial charge in [-0.3, -0.25) is 4.79 Å². The van der Waals surface area contributed by atoms with E-state index in [4.69, 9.17) is 21.1 Å². The molecule has 2 N–H and O–H groups in total. The normalized spacial score (nSPS) is 18.3. The van der Waals surface area contributed by atoms with Gasteiger partial charge in [-0.1, -0.05) is 11.6 Å². The topological polar surface area (TPSA) is 59.6 Å². The molecule has 0 spiro atoms. The Balaban J connectivity index is 2.04. The van der Waals surface area contributed by atoms with Gasteiger partial charge in [-0.05, 0) is 17.7 Å². The molecule has 5 nitrogen and oxygen atoms in total. The van der Waals surface area contributed by atoms with Gasteiger partial charge < -0.3 is 20.1 Å². The summed E-state index contributed by atoms with van der Waals surface area (Å²) in [5, 5.41) is 6.61. The van der Waals surface area contributed by atoms with E-state index in [9.17, 15) is 4.79 Å². The highest BCUT2D eigenvalue weighted by atomic mass is 35.5. The predicted molar refractivity (Wildman–Crippen MR) is 72.8 cm³/mol. The largest absolute Gasteiger partial charge is 0.493 e. The summed E-state index contributed by atoms with van der Waals surface area (Å²) in [4.78, 5) is 11.1. The molecule has 1 aromatic carbocycles. The molecule has 1 heterocycles. The number of hydrogen-bond acceptors (Lipinski definition) is 4. The number of rotatable bonds is 5. The molecule has 1 amide bonds. The summed E-state index contributed by atoms with van der Waals surface area (Å²) in [5.41, 5.74) is 0.988. The fraction of sp³-hybridized carbons (Fsp3) is 0.462. The van der Waals surface area contributed by atoms with E-state index in [-0.39, 0.29) is 11.9 Å². The lowest BCUT2D eigenvalue weighted by molar-refractivity contribution is -0.119. The zero-order valence-corrected chi connectivity index (χ0v) is 11.7. The molecule has 1 aliphatic heterocycles. The zero-order chi connectivity index (χ0) is 13.8. The summed E-state index contributed by atoms with van der Waals surface area (Å²) >= 11 is 6.13. The highest BCUT2D eigenvalue weighted by molar-refractivity contribution is 6.32. The fourth-order valence-electron chi connectivity index (χ4n) is 2.09. The molecule has 19 heavy (non-hydrogen) atoms. The molecule has 104 valence electrons.